The molecule has 4 rings (SSSR count). The van der Waals surface area contributed by atoms with Gasteiger partial charge in [0.1, 0.15) is 11.9 Å². The molecule has 0 spiro atoms. The summed E-state index contributed by atoms with van der Waals surface area (Å²) in [6.07, 6.45) is 2.85. The summed E-state index contributed by atoms with van der Waals surface area (Å²) in [6.45, 7) is 1.69. The molecule has 5 nitrogen and oxygen atoms in total. The number of hydrogen-bond acceptors (Lipinski definition) is 3. The summed E-state index contributed by atoms with van der Waals surface area (Å²) in [5.74, 6) is -0.426. The Morgan fingerprint density at radius 3 is 2.71 bits per heavy atom. The third kappa shape index (κ3) is 4.46. The number of fused-ring (bicyclic) bond motifs is 1. The Morgan fingerprint density at radius 2 is 1.93 bits per heavy atom. The van der Waals surface area contributed by atoms with Crippen molar-refractivity contribution in [3.05, 3.63) is 89.0 Å². The number of rotatable bonds is 6. The lowest BCUT2D eigenvalue weighted by molar-refractivity contribution is -0.121. The van der Waals surface area contributed by atoms with Gasteiger partial charge >= 0.3 is 0 Å². The number of aromatic nitrogens is 2. The molecule has 6 heteroatoms. The van der Waals surface area contributed by atoms with E-state index in [4.69, 9.17) is 9.84 Å². The molecule has 2 aromatic carbocycles. The zero-order valence-electron chi connectivity index (χ0n) is 15.5. The average Bonchev–Trinajstić information content (AvgIpc) is 3.12. The highest BCUT2D eigenvalue weighted by molar-refractivity contribution is 5.78. The van der Waals surface area contributed by atoms with E-state index >= 15 is 0 Å². The summed E-state index contributed by atoms with van der Waals surface area (Å²) < 4.78 is 20.7. The summed E-state index contributed by atoms with van der Waals surface area (Å²) >= 11 is 0. The predicted octanol–water partition coefficient (Wildman–Crippen LogP) is 3.04. The summed E-state index contributed by atoms with van der Waals surface area (Å²) in [7, 11) is 0. The molecule has 1 atom stereocenters. The maximum atomic E-state index is 13.0. The summed E-state index contributed by atoms with van der Waals surface area (Å²) in [4.78, 5) is 12.2. The number of nitrogens with one attached hydrogen (secondary N) is 1. The fourth-order valence-corrected chi connectivity index (χ4v) is 3.40. The van der Waals surface area contributed by atoms with Crippen LogP contribution in [-0.4, -0.2) is 28.8 Å². The third-order valence-corrected chi connectivity index (χ3v) is 4.82. The Kier molecular flexibility index (Phi) is 5.48. The lowest BCUT2D eigenvalue weighted by Crippen LogP contribution is -2.32. The Balaban J connectivity index is 1.37. The molecule has 0 bridgehead atoms. The van der Waals surface area contributed by atoms with Crippen molar-refractivity contribution >= 4 is 5.91 Å². The van der Waals surface area contributed by atoms with E-state index in [2.05, 4.69) is 23.6 Å². The van der Waals surface area contributed by atoms with Gasteiger partial charge in [-0.15, -0.1) is 0 Å². The first-order valence-corrected chi connectivity index (χ1v) is 9.40. The van der Waals surface area contributed by atoms with E-state index in [1.807, 2.05) is 22.9 Å². The van der Waals surface area contributed by atoms with Gasteiger partial charge in [-0.3, -0.25) is 9.48 Å². The summed E-state index contributed by atoms with van der Waals surface area (Å²) in [5, 5.41) is 7.61. The first-order chi connectivity index (χ1) is 13.7. The van der Waals surface area contributed by atoms with E-state index in [0.717, 1.165) is 17.7 Å². The smallest absolute Gasteiger partial charge is 0.224 e. The van der Waals surface area contributed by atoms with Crippen LogP contribution >= 0.6 is 0 Å². The minimum Gasteiger partial charge on any atom is -0.370 e. The molecule has 0 aliphatic carbocycles. The molecule has 0 fully saturated rings. The Hall–Kier alpha value is -2.99. The van der Waals surface area contributed by atoms with Gasteiger partial charge in [0.05, 0.1) is 25.3 Å². The average molecular weight is 379 g/mol. The van der Waals surface area contributed by atoms with Crippen molar-refractivity contribution in [3.63, 3.8) is 0 Å². The van der Waals surface area contributed by atoms with Crippen molar-refractivity contribution in [2.24, 2.45) is 0 Å². The minimum atomic E-state index is -0.307. The van der Waals surface area contributed by atoms with Crippen molar-refractivity contribution in [1.29, 1.82) is 0 Å². The lowest BCUT2D eigenvalue weighted by Gasteiger charge is -2.22. The van der Waals surface area contributed by atoms with Crippen LogP contribution < -0.4 is 5.32 Å². The molecule has 1 amide bonds. The topological polar surface area (TPSA) is 56.1 Å². The highest BCUT2D eigenvalue weighted by Crippen LogP contribution is 2.25. The number of benzene rings is 2. The van der Waals surface area contributed by atoms with Crippen molar-refractivity contribution < 1.29 is 13.9 Å². The van der Waals surface area contributed by atoms with Gasteiger partial charge in [0.15, 0.2) is 0 Å². The SMILES string of the molecule is O=C(Cc1ccc(F)cc1)NC[C@@H]1OCCc2cn(Cc3ccccc3)nc21. The van der Waals surface area contributed by atoms with Crippen molar-refractivity contribution in [2.45, 2.75) is 25.5 Å². The first-order valence-electron chi connectivity index (χ1n) is 9.40. The van der Waals surface area contributed by atoms with Crippen molar-refractivity contribution in [2.75, 3.05) is 13.2 Å². The highest BCUT2D eigenvalue weighted by Gasteiger charge is 2.25. The van der Waals surface area contributed by atoms with Gasteiger partial charge in [-0.05, 0) is 35.2 Å². The number of hydrogen-bond donors (Lipinski definition) is 1. The second-order valence-electron chi connectivity index (χ2n) is 6.94. The molecule has 1 aromatic heterocycles. The number of carbonyl (C=O) groups excluding carboxylic acids is 1. The van der Waals surface area contributed by atoms with Crippen LogP contribution in [0.3, 0.4) is 0 Å². The second kappa shape index (κ2) is 8.35. The fourth-order valence-electron chi connectivity index (χ4n) is 3.40. The Labute approximate surface area is 163 Å². The number of carbonyl (C=O) groups is 1. The van der Waals surface area contributed by atoms with Gasteiger partial charge in [0.2, 0.25) is 5.91 Å². The molecule has 1 N–H and O–H groups in total. The van der Waals surface area contributed by atoms with Crippen LogP contribution in [0.15, 0.2) is 60.8 Å². The predicted molar refractivity (Wildman–Crippen MR) is 103 cm³/mol. The van der Waals surface area contributed by atoms with E-state index in [1.165, 1.54) is 23.3 Å². The lowest BCUT2D eigenvalue weighted by atomic mass is 10.1. The van der Waals surface area contributed by atoms with E-state index in [0.29, 0.717) is 19.7 Å². The molecule has 0 saturated heterocycles. The van der Waals surface area contributed by atoms with Crippen LogP contribution in [0.1, 0.15) is 28.5 Å². The molecule has 1 aliphatic rings. The second-order valence-corrected chi connectivity index (χ2v) is 6.94. The molecule has 28 heavy (non-hydrogen) atoms. The number of halogens is 1. The van der Waals surface area contributed by atoms with Gasteiger partial charge in [-0.1, -0.05) is 42.5 Å². The Morgan fingerprint density at radius 1 is 1.14 bits per heavy atom. The van der Waals surface area contributed by atoms with Crippen LogP contribution in [0, 0.1) is 5.82 Å². The molecular weight excluding hydrogens is 357 g/mol. The number of nitrogens with zero attached hydrogens (tertiary/aromatic N) is 2. The van der Waals surface area contributed by atoms with E-state index in [9.17, 15) is 9.18 Å². The molecule has 3 aromatic rings. The van der Waals surface area contributed by atoms with E-state index in [1.54, 1.807) is 12.1 Å². The first kappa shape index (κ1) is 18.4. The standard InChI is InChI=1S/C22H22FN3O2/c23-19-8-6-16(7-9-19)12-21(27)24-13-20-22-18(10-11-28-20)15-26(25-22)14-17-4-2-1-3-5-17/h1-9,15,20H,10-14H2,(H,24,27)/t20-/m0/s1. The van der Waals surface area contributed by atoms with Crippen molar-refractivity contribution in [1.82, 2.24) is 15.1 Å². The monoisotopic (exact) mass is 379 g/mol. The van der Waals surface area contributed by atoms with E-state index < -0.39 is 0 Å². The third-order valence-electron chi connectivity index (χ3n) is 4.82. The highest BCUT2D eigenvalue weighted by atomic mass is 19.1. The molecule has 0 radical (unpaired) electrons. The molecule has 0 unspecified atom stereocenters. The van der Waals surface area contributed by atoms with Gasteiger partial charge in [0, 0.05) is 12.7 Å². The summed E-state index contributed by atoms with van der Waals surface area (Å²) in [5.41, 5.74) is 4.02. The Bertz CT molecular complexity index is 938. The van der Waals surface area contributed by atoms with Gasteiger partial charge < -0.3 is 10.1 Å². The zero-order valence-corrected chi connectivity index (χ0v) is 15.5. The maximum Gasteiger partial charge on any atom is 0.224 e. The number of ether oxygens (including phenoxy) is 1. The summed E-state index contributed by atoms with van der Waals surface area (Å²) in [6, 6.07) is 16.1. The van der Waals surface area contributed by atoms with E-state index in [-0.39, 0.29) is 24.2 Å². The normalized spacial score (nSPS) is 15.8. The minimum absolute atomic E-state index is 0.119. The quantitative estimate of drug-likeness (QED) is 0.716. The van der Waals surface area contributed by atoms with Gasteiger partial charge in [-0.2, -0.15) is 5.10 Å². The van der Waals surface area contributed by atoms with Crippen LogP contribution in [0.5, 0.6) is 0 Å². The van der Waals surface area contributed by atoms with Gasteiger partial charge in [-0.25, -0.2) is 4.39 Å². The zero-order chi connectivity index (χ0) is 19.3. The molecule has 144 valence electrons. The molecular formula is C22H22FN3O2. The van der Waals surface area contributed by atoms with Crippen LogP contribution in [-0.2, 0) is 28.9 Å². The maximum absolute atomic E-state index is 13.0. The molecule has 0 saturated carbocycles. The van der Waals surface area contributed by atoms with Crippen molar-refractivity contribution in [3.8, 4) is 0 Å². The van der Waals surface area contributed by atoms with Crippen LogP contribution in [0.25, 0.3) is 0 Å². The molecule has 2 heterocycles. The number of amides is 1. The van der Waals surface area contributed by atoms with Crippen LogP contribution in [0.2, 0.25) is 0 Å². The molecule has 1 aliphatic heterocycles. The fraction of sp³-hybridized carbons (Fsp3) is 0.273. The van der Waals surface area contributed by atoms with Gasteiger partial charge in [0.25, 0.3) is 0 Å². The largest absolute Gasteiger partial charge is 0.370 e. The van der Waals surface area contributed by atoms with Crippen LogP contribution in [0.4, 0.5) is 4.39 Å².